The SMILES string of the molecule is CC1CCN(C(=O)C2CCCc3ccccc32)CC1Br. The van der Waals surface area contributed by atoms with E-state index < -0.39 is 0 Å². The fourth-order valence-electron chi connectivity index (χ4n) is 3.45. The highest BCUT2D eigenvalue weighted by molar-refractivity contribution is 9.09. The second-order valence-corrected chi connectivity index (χ2v) is 7.39. The van der Waals surface area contributed by atoms with Crippen molar-refractivity contribution in [3.05, 3.63) is 35.4 Å². The third kappa shape index (κ3) is 2.65. The average molecular weight is 336 g/mol. The maximum absolute atomic E-state index is 12.9. The minimum absolute atomic E-state index is 0.0908. The topological polar surface area (TPSA) is 20.3 Å². The van der Waals surface area contributed by atoms with Crippen molar-refractivity contribution < 1.29 is 4.79 Å². The van der Waals surface area contributed by atoms with Gasteiger partial charge < -0.3 is 4.90 Å². The summed E-state index contributed by atoms with van der Waals surface area (Å²) in [6, 6.07) is 8.48. The molecule has 3 rings (SSSR count). The van der Waals surface area contributed by atoms with Crippen LogP contribution in [0.4, 0.5) is 0 Å². The largest absolute Gasteiger partial charge is 0.341 e. The number of carbonyl (C=O) groups is 1. The Morgan fingerprint density at radius 1 is 1.30 bits per heavy atom. The summed E-state index contributed by atoms with van der Waals surface area (Å²) in [5.41, 5.74) is 2.64. The van der Waals surface area contributed by atoms with Gasteiger partial charge in [-0.05, 0) is 42.7 Å². The van der Waals surface area contributed by atoms with Crippen molar-refractivity contribution in [1.29, 1.82) is 0 Å². The molecule has 2 aliphatic rings. The predicted molar refractivity (Wildman–Crippen MR) is 85.2 cm³/mol. The number of fused-ring (bicyclic) bond motifs is 1. The number of benzene rings is 1. The Balaban J connectivity index is 1.78. The molecule has 0 radical (unpaired) electrons. The van der Waals surface area contributed by atoms with Crippen molar-refractivity contribution in [3.8, 4) is 0 Å². The average Bonchev–Trinajstić information content (AvgIpc) is 2.49. The minimum Gasteiger partial charge on any atom is -0.341 e. The summed E-state index contributed by atoms with van der Waals surface area (Å²) in [6.45, 7) is 4.04. The standard InChI is InChI=1S/C17H22BrNO/c1-12-9-10-19(11-16(12)18)17(20)15-8-4-6-13-5-2-3-7-14(13)15/h2-3,5,7,12,15-16H,4,6,8-11H2,1H3. The smallest absolute Gasteiger partial charge is 0.230 e. The molecule has 1 aliphatic heterocycles. The number of carbonyl (C=O) groups excluding carboxylic acids is 1. The predicted octanol–water partition coefficient (Wildman–Crippen LogP) is 3.74. The van der Waals surface area contributed by atoms with Crippen LogP contribution >= 0.6 is 15.9 Å². The van der Waals surface area contributed by atoms with Gasteiger partial charge in [-0.25, -0.2) is 0 Å². The summed E-state index contributed by atoms with van der Waals surface area (Å²) in [4.78, 5) is 15.4. The molecular weight excluding hydrogens is 314 g/mol. The molecular formula is C17H22BrNO. The van der Waals surface area contributed by atoms with Gasteiger partial charge in [0, 0.05) is 17.9 Å². The monoisotopic (exact) mass is 335 g/mol. The Morgan fingerprint density at radius 2 is 2.10 bits per heavy atom. The van der Waals surface area contributed by atoms with E-state index in [1.54, 1.807) is 0 Å². The zero-order chi connectivity index (χ0) is 14.1. The van der Waals surface area contributed by atoms with E-state index in [0.717, 1.165) is 38.8 Å². The number of hydrogen-bond donors (Lipinski definition) is 0. The zero-order valence-corrected chi connectivity index (χ0v) is 13.6. The maximum atomic E-state index is 12.9. The fraction of sp³-hybridized carbons (Fsp3) is 0.588. The van der Waals surface area contributed by atoms with Crippen LogP contribution in [0.25, 0.3) is 0 Å². The molecule has 1 aromatic carbocycles. The minimum atomic E-state index is 0.0908. The number of hydrogen-bond acceptors (Lipinski definition) is 1. The van der Waals surface area contributed by atoms with Crippen LogP contribution in [0.15, 0.2) is 24.3 Å². The molecule has 1 fully saturated rings. The Labute approximate surface area is 129 Å². The summed E-state index contributed by atoms with van der Waals surface area (Å²) >= 11 is 3.72. The van der Waals surface area contributed by atoms with E-state index in [1.165, 1.54) is 11.1 Å². The van der Waals surface area contributed by atoms with Crippen molar-refractivity contribution in [2.75, 3.05) is 13.1 Å². The summed E-state index contributed by atoms with van der Waals surface area (Å²) in [6.07, 6.45) is 4.37. The van der Waals surface area contributed by atoms with E-state index in [0.29, 0.717) is 16.7 Å². The second kappa shape index (κ2) is 5.88. The molecule has 1 saturated heterocycles. The third-order valence-electron chi connectivity index (χ3n) is 4.85. The van der Waals surface area contributed by atoms with Crippen molar-refractivity contribution in [1.82, 2.24) is 4.90 Å². The van der Waals surface area contributed by atoms with Crippen LogP contribution in [0.2, 0.25) is 0 Å². The number of likely N-dealkylation sites (tertiary alicyclic amines) is 1. The first-order valence-electron chi connectivity index (χ1n) is 7.67. The van der Waals surface area contributed by atoms with E-state index in [2.05, 4.69) is 52.0 Å². The molecule has 3 atom stereocenters. The van der Waals surface area contributed by atoms with E-state index in [4.69, 9.17) is 0 Å². The molecule has 2 nitrogen and oxygen atoms in total. The number of nitrogens with zero attached hydrogens (tertiary/aromatic N) is 1. The Kier molecular flexibility index (Phi) is 4.16. The fourth-order valence-corrected chi connectivity index (χ4v) is 4.07. The van der Waals surface area contributed by atoms with Gasteiger partial charge in [-0.3, -0.25) is 4.79 Å². The highest BCUT2D eigenvalue weighted by Gasteiger charge is 2.33. The van der Waals surface area contributed by atoms with E-state index in [9.17, 15) is 4.79 Å². The van der Waals surface area contributed by atoms with E-state index in [-0.39, 0.29) is 5.92 Å². The van der Waals surface area contributed by atoms with Gasteiger partial charge in [0.25, 0.3) is 0 Å². The van der Waals surface area contributed by atoms with Crippen LogP contribution in [0.5, 0.6) is 0 Å². The Hall–Kier alpha value is -0.830. The van der Waals surface area contributed by atoms with Gasteiger partial charge in [-0.2, -0.15) is 0 Å². The van der Waals surface area contributed by atoms with Crippen LogP contribution in [0.1, 0.15) is 43.2 Å². The van der Waals surface area contributed by atoms with Gasteiger partial charge in [0.15, 0.2) is 0 Å². The molecule has 0 aromatic heterocycles. The van der Waals surface area contributed by atoms with Gasteiger partial charge in [-0.1, -0.05) is 47.1 Å². The molecule has 1 aliphatic carbocycles. The quantitative estimate of drug-likeness (QED) is 0.716. The number of amides is 1. The highest BCUT2D eigenvalue weighted by Crippen LogP contribution is 2.34. The van der Waals surface area contributed by atoms with Gasteiger partial charge in [-0.15, -0.1) is 0 Å². The number of halogens is 1. The molecule has 3 heteroatoms. The van der Waals surface area contributed by atoms with Gasteiger partial charge in [0.05, 0.1) is 5.92 Å². The molecule has 1 heterocycles. The third-order valence-corrected chi connectivity index (χ3v) is 6.04. The molecule has 0 spiro atoms. The lowest BCUT2D eigenvalue weighted by atomic mass is 9.81. The van der Waals surface area contributed by atoms with Crippen LogP contribution in [0, 0.1) is 5.92 Å². The van der Waals surface area contributed by atoms with Crippen LogP contribution in [0.3, 0.4) is 0 Å². The number of aryl methyl sites for hydroxylation is 1. The Bertz CT molecular complexity index is 502. The molecule has 1 amide bonds. The molecule has 20 heavy (non-hydrogen) atoms. The highest BCUT2D eigenvalue weighted by atomic mass is 79.9. The van der Waals surface area contributed by atoms with E-state index >= 15 is 0 Å². The first kappa shape index (κ1) is 14.1. The molecule has 0 bridgehead atoms. The Morgan fingerprint density at radius 3 is 2.90 bits per heavy atom. The van der Waals surface area contributed by atoms with Gasteiger partial charge in [0.2, 0.25) is 5.91 Å². The normalized spacial score (nSPS) is 29.9. The number of piperidine rings is 1. The summed E-state index contributed by atoms with van der Waals surface area (Å²) in [5, 5.41) is 0. The van der Waals surface area contributed by atoms with E-state index in [1.807, 2.05) is 0 Å². The van der Waals surface area contributed by atoms with Gasteiger partial charge in [0.1, 0.15) is 0 Å². The van der Waals surface area contributed by atoms with Crippen LogP contribution in [-0.2, 0) is 11.2 Å². The summed E-state index contributed by atoms with van der Waals surface area (Å²) in [5.74, 6) is 1.10. The van der Waals surface area contributed by atoms with Crippen molar-refractivity contribution in [2.24, 2.45) is 5.92 Å². The molecule has 0 saturated carbocycles. The van der Waals surface area contributed by atoms with Crippen molar-refractivity contribution in [2.45, 2.75) is 43.4 Å². The lowest BCUT2D eigenvalue weighted by Crippen LogP contribution is -2.46. The van der Waals surface area contributed by atoms with Gasteiger partial charge >= 0.3 is 0 Å². The van der Waals surface area contributed by atoms with Crippen molar-refractivity contribution >= 4 is 21.8 Å². The maximum Gasteiger partial charge on any atom is 0.230 e. The first-order chi connectivity index (χ1) is 9.66. The molecule has 108 valence electrons. The first-order valence-corrected chi connectivity index (χ1v) is 8.59. The molecule has 1 aromatic rings. The van der Waals surface area contributed by atoms with Crippen molar-refractivity contribution in [3.63, 3.8) is 0 Å². The second-order valence-electron chi connectivity index (χ2n) is 6.21. The van der Waals surface area contributed by atoms with Crippen LogP contribution < -0.4 is 0 Å². The number of alkyl halides is 1. The van der Waals surface area contributed by atoms with Crippen LogP contribution in [-0.4, -0.2) is 28.7 Å². The summed E-state index contributed by atoms with van der Waals surface area (Å²) in [7, 11) is 0. The number of rotatable bonds is 1. The zero-order valence-electron chi connectivity index (χ0n) is 12.0. The molecule has 0 N–H and O–H groups in total. The molecule has 3 unspecified atom stereocenters. The lowest BCUT2D eigenvalue weighted by Gasteiger charge is -2.37. The lowest BCUT2D eigenvalue weighted by molar-refractivity contribution is -0.134. The summed E-state index contributed by atoms with van der Waals surface area (Å²) < 4.78 is 0.